The lowest BCUT2D eigenvalue weighted by Gasteiger charge is -2.35. The highest BCUT2D eigenvalue weighted by molar-refractivity contribution is 7.98. The monoisotopic (exact) mass is 343 g/mol. The van der Waals surface area contributed by atoms with E-state index in [1.165, 1.54) is 35.5 Å². The number of halogens is 1. The largest absolute Gasteiger partial charge is 0.351 e. The molecule has 0 saturated heterocycles. The van der Waals surface area contributed by atoms with Gasteiger partial charge in [0.2, 0.25) is 0 Å². The van der Waals surface area contributed by atoms with Crippen molar-refractivity contribution in [1.82, 2.24) is 5.32 Å². The lowest BCUT2D eigenvalue weighted by atomic mass is 9.75. The van der Waals surface area contributed by atoms with Crippen LogP contribution in [0.2, 0.25) is 0 Å². The summed E-state index contributed by atoms with van der Waals surface area (Å²) in [6.07, 6.45) is 7.20. The van der Waals surface area contributed by atoms with E-state index in [1.807, 2.05) is 11.8 Å². The number of hydrogen-bond donors (Lipinski definition) is 1. The number of thioether (sulfide) groups is 1. The van der Waals surface area contributed by atoms with E-state index in [2.05, 4.69) is 11.4 Å². The quantitative estimate of drug-likeness (QED) is 0.818. The van der Waals surface area contributed by atoms with Crippen LogP contribution in [0.1, 0.15) is 52.2 Å². The number of thiophene rings is 1. The van der Waals surface area contributed by atoms with Crippen molar-refractivity contribution in [3.8, 4) is 0 Å². The molecule has 1 aromatic heterocycles. The average molecular weight is 344 g/mol. The summed E-state index contributed by atoms with van der Waals surface area (Å²) >= 11 is 9.84. The second-order valence-corrected chi connectivity index (χ2v) is 8.75. The SMILES string of the molecule is O=C(NCC1(CCl)CCCCC1)c1cc2c(s1)CCSC2. The van der Waals surface area contributed by atoms with Gasteiger partial charge in [-0.05, 0) is 36.6 Å². The van der Waals surface area contributed by atoms with Gasteiger partial charge in [0, 0.05) is 28.5 Å². The molecule has 0 radical (unpaired) electrons. The van der Waals surface area contributed by atoms with Crippen molar-refractivity contribution in [2.45, 2.75) is 44.3 Å². The number of fused-ring (bicyclic) bond motifs is 1. The summed E-state index contributed by atoms with van der Waals surface area (Å²) in [4.78, 5) is 14.7. The van der Waals surface area contributed by atoms with Gasteiger partial charge in [-0.2, -0.15) is 11.8 Å². The van der Waals surface area contributed by atoms with Crippen LogP contribution in [0.3, 0.4) is 0 Å². The summed E-state index contributed by atoms with van der Waals surface area (Å²) in [7, 11) is 0. The highest BCUT2D eigenvalue weighted by Crippen LogP contribution is 2.37. The zero-order valence-corrected chi connectivity index (χ0v) is 14.6. The van der Waals surface area contributed by atoms with E-state index in [1.54, 1.807) is 11.3 Å². The Morgan fingerprint density at radius 1 is 1.33 bits per heavy atom. The van der Waals surface area contributed by atoms with Gasteiger partial charge in [-0.15, -0.1) is 22.9 Å². The number of nitrogens with one attached hydrogen (secondary N) is 1. The summed E-state index contributed by atoms with van der Waals surface area (Å²) in [6.45, 7) is 0.729. The molecule has 0 unspecified atom stereocenters. The fraction of sp³-hybridized carbons (Fsp3) is 0.688. The van der Waals surface area contributed by atoms with Crippen molar-refractivity contribution >= 4 is 40.6 Å². The van der Waals surface area contributed by atoms with Crippen LogP contribution in [0.15, 0.2) is 6.07 Å². The van der Waals surface area contributed by atoms with Crippen LogP contribution in [0.5, 0.6) is 0 Å². The Morgan fingerprint density at radius 2 is 2.14 bits per heavy atom. The average Bonchev–Trinajstić information content (AvgIpc) is 2.97. The van der Waals surface area contributed by atoms with Crippen LogP contribution in [0.25, 0.3) is 0 Å². The maximum absolute atomic E-state index is 12.4. The molecular weight excluding hydrogens is 322 g/mol. The smallest absolute Gasteiger partial charge is 0.261 e. The van der Waals surface area contributed by atoms with E-state index in [9.17, 15) is 4.79 Å². The number of hydrogen-bond acceptors (Lipinski definition) is 3. The van der Waals surface area contributed by atoms with Gasteiger partial charge in [-0.1, -0.05) is 19.3 Å². The molecule has 1 aliphatic heterocycles. The van der Waals surface area contributed by atoms with Crippen LogP contribution in [-0.4, -0.2) is 24.1 Å². The second-order valence-electron chi connectivity index (χ2n) is 6.24. The molecule has 0 bridgehead atoms. The van der Waals surface area contributed by atoms with E-state index in [0.29, 0.717) is 5.88 Å². The van der Waals surface area contributed by atoms with Crippen LogP contribution < -0.4 is 5.32 Å². The van der Waals surface area contributed by atoms with E-state index >= 15 is 0 Å². The van der Waals surface area contributed by atoms with Gasteiger partial charge in [-0.3, -0.25) is 4.79 Å². The molecule has 0 spiro atoms. The molecule has 1 amide bonds. The summed E-state index contributed by atoms with van der Waals surface area (Å²) in [5.74, 6) is 2.99. The maximum atomic E-state index is 12.4. The molecule has 1 N–H and O–H groups in total. The number of rotatable bonds is 4. The van der Waals surface area contributed by atoms with E-state index in [4.69, 9.17) is 11.6 Å². The highest BCUT2D eigenvalue weighted by Gasteiger charge is 2.31. The van der Waals surface area contributed by atoms with Crippen molar-refractivity contribution in [2.24, 2.45) is 5.41 Å². The molecule has 21 heavy (non-hydrogen) atoms. The number of carbonyl (C=O) groups is 1. The van der Waals surface area contributed by atoms with Gasteiger partial charge < -0.3 is 5.32 Å². The summed E-state index contributed by atoms with van der Waals surface area (Å²) in [6, 6.07) is 2.09. The van der Waals surface area contributed by atoms with Gasteiger partial charge in [0.25, 0.3) is 5.91 Å². The number of carbonyl (C=O) groups excluding carboxylic acids is 1. The Balaban J connectivity index is 1.62. The predicted molar refractivity (Wildman–Crippen MR) is 92.8 cm³/mol. The summed E-state index contributed by atoms with van der Waals surface area (Å²) < 4.78 is 0. The first-order valence-corrected chi connectivity index (χ1v) is 10.3. The minimum Gasteiger partial charge on any atom is -0.351 e. The Kier molecular flexibility index (Phi) is 5.18. The normalized spacial score (nSPS) is 20.8. The molecule has 1 aliphatic carbocycles. The zero-order valence-electron chi connectivity index (χ0n) is 12.3. The Morgan fingerprint density at radius 3 is 2.86 bits per heavy atom. The molecule has 3 rings (SSSR count). The minimum atomic E-state index is 0.0921. The maximum Gasteiger partial charge on any atom is 0.261 e. The molecule has 2 nitrogen and oxygen atoms in total. The van der Waals surface area contributed by atoms with Gasteiger partial charge >= 0.3 is 0 Å². The van der Waals surface area contributed by atoms with Crippen LogP contribution in [-0.2, 0) is 12.2 Å². The molecule has 1 fully saturated rings. The van der Waals surface area contributed by atoms with Crippen molar-refractivity contribution in [1.29, 1.82) is 0 Å². The molecule has 1 aromatic rings. The van der Waals surface area contributed by atoms with E-state index in [-0.39, 0.29) is 11.3 Å². The van der Waals surface area contributed by atoms with Crippen molar-refractivity contribution in [2.75, 3.05) is 18.2 Å². The van der Waals surface area contributed by atoms with Crippen molar-refractivity contribution < 1.29 is 4.79 Å². The first-order valence-electron chi connectivity index (χ1n) is 7.76. The third-order valence-electron chi connectivity index (χ3n) is 4.67. The molecular formula is C16H22ClNOS2. The van der Waals surface area contributed by atoms with Crippen LogP contribution in [0.4, 0.5) is 0 Å². The lowest BCUT2D eigenvalue weighted by molar-refractivity contribution is 0.0925. The van der Waals surface area contributed by atoms with Gasteiger partial charge in [0.15, 0.2) is 0 Å². The minimum absolute atomic E-state index is 0.0921. The summed E-state index contributed by atoms with van der Waals surface area (Å²) in [5, 5.41) is 3.15. The first kappa shape index (κ1) is 15.7. The summed E-state index contributed by atoms with van der Waals surface area (Å²) in [5.41, 5.74) is 1.49. The first-order chi connectivity index (χ1) is 10.2. The lowest BCUT2D eigenvalue weighted by Crippen LogP contribution is -2.40. The van der Waals surface area contributed by atoms with Gasteiger partial charge in [0.1, 0.15) is 0 Å². The number of alkyl halides is 1. The zero-order chi connectivity index (χ0) is 14.7. The fourth-order valence-corrected chi connectivity index (χ4v) is 5.92. The second kappa shape index (κ2) is 6.93. The van der Waals surface area contributed by atoms with Crippen LogP contribution >= 0.6 is 34.7 Å². The van der Waals surface area contributed by atoms with E-state index in [0.717, 1.165) is 36.4 Å². The van der Waals surface area contributed by atoms with Gasteiger partial charge in [-0.25, -0.2) is 0 Å². The Labute approximate surface area is 140 Å². The Bertz CT molecular complexity index is 485. The molecule has 1 saturated carbocycles. The molecule has 5 heteroatoms. The van der Waals surface area contributed by atoms with Gasteiger partial charge in [0.05, 0.1) is 4.88 Å². The predicted octanol–water partition coefficient (Wildman–Crippen LogP) is 4.46. The fourth-order valence-electron chi connectivity index (χ4n) is 3.27. The molecule has 116 valence electrons. The number of aryl methyl sites for hydroxylation is 1. The van der Waals surface area contributed by atoms with Crippen molar-refractivity contribution in [3.63, 3.8) is 0 Å². The number of amides is 1. The Hall–Kier alpha value is -0.190. The molecule has 0 atom stereocenters. The standard InChI is InChI=1S/C16H22ClNOS2/c17-10-16(5-2-1-3-6-16)11-18-15(19)14-8-12-9-20-7-4-13(12)21-14/h8H,1-7,9-11H2,(H,18,19). The molecule has 2 aliphatic rings. The van der Waals surface area contributed by atoms with E-state index < -0.39 is 0 Å². The highest BCUT2D eigenvalue weighted by atomic mass is 35.5. The molecule has 2 heterocycles. The molecule has 0 aromatic carbocycles. The van der Waals surface area contributed by atoms with Crippen molar-refractivity contribution in [3.05, 3.63) is 21.4 Å². The topological polar surface area (TPSA) is 29.1 Å². The third-order valence-corrected chi connectivity index (χ3v) is 7.48. The van der Waals surface area contributed by atoms with Crippen LogP contribution in [0, 0.1) is 5.41 Å². The third kappa shape index (κ3) is 3.59.